The summed E-state index contributed by atoms with van der Waals surface area (Å²) in [6.45, 7) is 0.489. The van der Waals surface area contributed by atoms with Gasteiger partial charge in [0.05, 0.1) is 7.11 Å². The molecule has 0 unspecified atom stereocenters. The Morgan fingerprint density at radius 3 is 2.39 bits per heavy atom. The van der Waals surface area contributed by atoms with Gasteiger partial charge in [-0.25, -0.2) is 0 Å². The molecule has 0 saturated carbocycles. The van der Waals surface area contributed by atoms with Crippen molar-refractivity contribution < 1.29 is 9.47 Å². The van der Waals surface area contributed by atoms with Crippen LogP contribution in [0.5, 0.6) is 11.5 Å². The van der Waals surface area contributed by atoms with Crippen LogP contribution in [0.2, 0.25) is 0 Å². The van der Waals surface area contributed by atoms with Gasteiger partial charge in [0.25, 0.3) is 0 Å². The molecule has 0 amide bonds. The van der Waals surface area contributed by atoms with Crippen LogP contribution >= 0.6 is 0 Å². The van der Waals surface area contributed by atoms with E-state index in [9.17, 15) is 0 Å². The smallest absolute Gasteiger partial charge is 0.139 e. The second-order valence-electron chi connectivity index (χ2n) is 3.75. The van der Waals surface area contributed by atoms with E-state index in [1.165, 1.54) is 0 Å². The molecule has 90 valence electrons. The minimum absolute atomic E-state index is 0.489. The van der Waals surface area contributed by atoms with Crippen LogP contribution in [0.3, 0.4) is 0 Å². The van der Waals surface area contributed by atoms with Gasteiger partial charge in [-0.2, -0.15) is 0 Å². The monoisotopic (exact) mass is 238 g/mol. The fraction of sp³-hybridized carbons (Fsp3) is 0.125. The van der Waals surface area contributed by atoms with Gasteiger partial charge in [0.1, 0.15) is 23.7 Å². The number of hydrogen-bond acceptors (Lipinski definition) is 2. The molecule has 2 nitrogen and oxygen atoms in total. The normalized spacial score (nSPS) is 9.56. The molecule has 0 bridgehead atoms. The van der Waals surface area contributed by atoms with Crippen LogP contribution in [-0.4, -0.2) is 7.11 Å². The van der Waals surface area contributed by atoms with Gasteiger partial charge >= 0.3 is 0 Å². The Morgan fingerprint density at radius 1 is 1.00 bits per heavy atom. The maximum atomic E-state index is 5.73. The van der Waals surface area contributed by atoms with E-state index in [-0.39, 0.29) is 0 Å². The second kappa shape index (κ2) is 5.79. The summed E-state index contributed by atoms with van der Waals surface area (Å²) in [4.78, 5) is 0. The topological polar surface area (TPSA) is 18.5 Å². The third kappa shape index (κ3) is 2.64. The highest BCUT2D eigenvalue weighted by Gasteiger charge is 2.07. The molecule has 0 aliphatic rings. The van der Waals surface area contributed by atoms with E-state index in [0.29, 0.717) is 23.7 Å². The van der Waals surface area contributed by atoms with E-state index in [1.54, 1.807) is 7.11 Å². The molecule has 0 fully saturated rings. The molecule has 0 aromatic heterocycles. The van der Waals surface area contributed by atoms with Gasteiger partial charge in [-0.3, -0.25) is 0 Å². The number of benzene rings is 2. The van der Waals surface area contributed by atoms with Crippen molar-refractivity contribution in [3.05, 3.63) is 59.7 Å². The standard InChI is InChI=1S/C16H14O2/c1-3-14-15(17-2)10-7-11-16(14)18-12-13-8-5-4-6-9-13/h1,4-11H,12H2,2H3. The van der Waals surface area contributed by atoms with E-state index in [2.05, 4.69) is 5.92 Å². The fourth-order valence-corrected chi connectivity index (χ4v) is 1.68. The SMILES string of the molecule is C#Cc1c(OC)cccc1OCc1ccccc1. The van der Waals surface area contributed by atoms with E-state index in [0.717, 1.165) is 5.56 Å². The van der Waals surface area contributed by atoms with Crippen LogP contribution < -0.4 is 9.47 Å². The van der Waals surface area contributed by atoms with Crippen LogP contribution in [0.4, 0.5) is 0 Å². The number of rotatable bonds is 4. The zero-order valence-electron chi connectivity index (χ0n) is 10.2. The van der Waals surface area contributed by atoms with Crippen LogP contribution in [0.1, 0.15) is 11.1 Å². The first-order valence-corrected chi connectivity index (χ1v) is 5.65. The summed E-state index contributed by atoms with van der Waals surface area (Å²) in [7, 11) is 1.59. The highest BCUT2D eigenvalue weighted by Crippen LogP contribution is 2.27. The van der Waals surface area contributed by atoms with Gasteiger partial charge in [-0.05, 0) is 17.7 Å². The highest BCUT2D eigenvalue weighted by molar-refractivity contribution is 5.54. The third-order valence-electron chi connectivity index (χ3n) is 2.59. The van der Waals surface area contributed by atoms with Crippen molar-refractivity contribution in [2.45, 2.75) is 6.61 Å². The molecular weight excluding hydrogens is 224 g/mol. The summed E-state index contributed by atoms with van der Waals surface area (Å²) in [5.41, 5.74) is 1.75. The largest absolute Gasteiger partial charge is 0.495 e. The van der Waals surface area contributed by atoms with Gasteiger partial charge in [-0.1, -0.05) is 42.3 Å². The Bertz CT molecular complexity index is 553. The predicted octanol–water partition coefficient (Wildman–Crippen LogP) is 3.26. The molecule has 0 saturated heterocycles. The second-order valence-corrected chi connectivity index (χ2v) is 3.75. The van der Waals surface area contributed by atoms with Gasteiger partial charge in [0, 0.05) is 0 Å². The van der Waals surface area contributed by atoms with Crippen molar-refractivity contribution in [3.63, 3.8) is 0 Å². The van der Waals surface area contributed by atoms with Crippen LogP contribution in [-0.2, 0) is 6.61 Å². The summed E-state index contributed by atoms with van der Waals surface area (Å²) >= 11 is 0. The van der Waals surface area contributed by atoms with Gasteiger partial charge in [0.2, 0.25) is 0 Å². The molecule has 18 heavy (non-hydrogen) atoms. The van der Waals surface area contributed by atoms with Crippen molar-refractivity contribution >= 4 is 0 Å². The third-order valence-corrected chi connectivity index (χ3v) is 2.59. The van der Waals surface area contributed by atoms with Crippen molar-refractivity contribution in [3.8, 4) is 23.8 Å². The first-order chi connectivity index (χ1) is 8.85. The maximum absolute atomic E-state index is 5.73. The molecule has 2 aromatic carbocycles. The molecule has 0 aliphatic heterocycles. The average molecular weight is 238 g/mol. The Hall–Kier alpha value is -2.40. The average Bonchev–Trinajstić information content (AvgIpc) is 2.45. The number of methoxy groups -OCH3 is 1. The fourth-order valence-electron chi connectivity index (χ4n) is 1.68. The van der Waals surface area contributed by atoms with Crippen molar-refractivity contribution in [1.82, 2.24) is 0 Å². The van der Waals surface area contributed by atoms with E-state index in [1.807, 2.05) is 48.5 Å². The zero-order chi connectivity index (χ0) is 12.8. The summed E-state index contributed by atoms with van der Waals surface area (Å²) in [6, 6.07) is 15.5. The van der Waals surface area contributed by atoms with E-state index in [4.69, 9.17) is 15.9 Å². The van der Waals surface area contributed by atoms with Gasteiger partial charge in [-0.15, -0.1) is 6.42 Å². The molecule has 0 N–H and O–H groups in total. The summed E-state index contributed by atoms with van der Waals surface area (Å²) < 4.78 is 10.9. The highest BCUT2D eigenvalue weighted by atomic mass is 16.5. The minimum atomic E-state index is 0.489. The quantitative estimate of drug-likeness (QED) is 0.761. The first kappa shape index (κ1) is 12.1. The Morgan fingerprint density at radius 2 is 1.72 bits per heavy atom. The lowest BCUT2D eigenvalue weighted by Gasteiger charge is -2.11. The number of hydrogen-bond donors (Lipinski definition) is 0. The Balaban J connectivity index is 2.17. The molecule has 0 radical (unpaired) electrons. The maximum Gasteiger partial charge on any atom is 0.139 e. The van der Waals surface area contributed by atoms with Crippen molar-refractivity contribution in [1.29, 1.82) is 0 Å². The number of ether oxygens (including phenoxy) is 2. The Kier molecular flexibility index (Phi) is 3.88. The van der Waals surface area contributed by atoms with Gasteiger partial charge in [0.15, 0.2) is 0 Å². The summed E-state index contributed by atoms with van der Waals surface area (Å²) in [6.07, 6.45) is 5.49. The van der Waals surface area contributed by atoms with E-state index >= 15 is 0 Å². The lowest BCUT2D eigenvalue weighted by atomic mass is 10.2. The van der Waals surface area contributed by atoms with E-state index < -0.39 is 0 Å². The molecular formula is C16H14O2. The Labute approximate surface area is 107 Å². The van der Waals surface area contributed by atoms with Gasteiger partial charge < -0.3 is 9.47 Å². The summed E-state index contributed by atoms with van der Waals surface area (Å²) in [5.74, 6) is 3.92. The molecule has 2 rings (SSSR count). The molecule has 0 atom stereocenters. The molecule has 2 heteroatoms. The molecule has 0 heterocycles. The lowest BCUT2D eigenvalue weighted by molar-refractivity contribution is 0.302. The van der Waals surface area contributed by atoms with Crippen molar-refractivity contribution in [2.75, 3.05) is 7.11 Å². The summed E-state index contributed by atoms with van der Waals surface area (Å²) in [5, 5.41) is 0. The molecule has 0 aliphatic carbocycles. The minimum Gasteiger partial charge on any atom is -0.495 e. The zero-order valence-corrected chi connectivity index (χ0v) is 10.2. The van der Waals surface area contributed by atoms with Crippen LogP contribution in [0.25, 0.3) is 0 Å². The number of terminal acetylenes is 1. The lowest BCUT2D eigenvalue weighted by Crippen LogP contribution is -1.98. The molecule has 0 spiro atoms. The predicted molar refractivity (Wildman–Crippen MR) is 71.7 cm³/mol. The van der Waals surface area contributed by atoms with Crippen LogP contribution in [0, 0.1) is 12.3 Å². The van der Waals surface area contributed by atoms with Crippen LogP contribution in [0.15, 0.2) is 48.5 Å². The van der Waals surface area contributed by atoms with Crippen molar-refractivity contribution in [2.24, 2.45) is 0 Å². The first-order valence-electron chi connectivity index (χ1n) is 5.65. The molecule has 2 aromatic rings.